The topological polar surface area (TPSA) is 91.8 Å². The van der Waals surface area contributed by atoms with Gasteiger partial charge in [0.2, 0.25) is 15.9 Å². The van der Waals surface area contributed by atoms with Crippen molar-refractivity contribution >= 4 is 25.8 Å². The Labute approximate surface area is 155 Å². The highest BCUT2D eigenvalue weighted by Gasteiger charge is 2.44. The maximum atomic E-state index is 12.8. The zero-order chi connectivity index (χ0) is 18.9. The summed E-state index contributed by atoms with van der Waals surface area (Å²) in [6.07, 6.45) is 0.572. The van der Waals surface area contributed by atoms with Crippen LogP contribution in [0.2, 0.25) is 0 Å². The highest BCUT2D eigenvalue weighted by Crippen LogP contribution is 2.29. The molecule has 1 aromatic rings. The van der Waals surface area contributed by atoms with Crippen LogP contribution in [0.1, 0.15) is 25.3 Å². The van der Waals surface area contributed by atoms with Gasteiger partial charge < -0.3 is 4.90 Å². The maximum absolute atomic E-state index is 12.8. The molecule has 1 amide bonds. The molecule has 2 aliphatic rings. The molecule has 7 nitrogen and oxygen atoms in total. The van der Waals surface area contributed by atoms with Gasteiger partial charge in [0, 0.05) is 32.6 Å². The van der Waals surface area contributed by atoms with Crippen LogP contribution in [0.15, 0.2) is 30.3 Å². The number of sulfonamides is 1. The number of fused-ring (bicyclic) bond motifs is 1. The third-order valence-electron chi connectivity index (χ3n) is 5.23. The minimum Gasteiger partial charge on any atom is -0.338 e. The van der Waals surface area contributed by atoms with Gasteiger partial charge in [0.1, 0.15) is 0 Å². The van der Waals surface area contributed by atoms with Crippen LogP contribution in [0.4, 0.5) is 0 Å². The predicted molar refractivity (Wildman–Crippen MR) is 98.6 cm³/mol. The van der Waals surface area contributed by atoms with Crippen LogP contribution in [-0.2, 0) is 30.4 Å². The first-order valence-electron chi connectivity index (χ1n) is 8.71. The van der Waals surface area contributed by atoms with Crippen LogP contribution < -0.4 is 0 Å². The van der Waals surface area contributed by atoms with Crippen molar-refractivity contribution in [3.05, 3.63) is 35.9 Å². The van der Waals surface area contributed by atoms with Crippen LogP contribution in [-0.4, -0.2) is 68.6 Å². The van der Waals surface area contributed by atoms with Gasteiger partial charge in [0.05, 0.1) is 16.8 Å². The summed E-state index contributed by atoms with van der Waals surface area (Å²) >= 11 is 0. The van der Waals surface area contributed by atoms with Crippen molar-refractivity contribution in [2.24, 2.45) is 0 Å². The van der Waals surface area contributed by atoms with Crippen molar-refractivity contribution in [3.63, 3.8) is 0 Å². The summed E-state index contributed by atoms with van der Waals surface area (Å²) in [4.78, 5) is 13.5. The minimum absolute atomic E-state index is 0.0511. The smallest absolute Gasteiger partial charge is 0.219 e. The molecule has 2 aliphatic heterocycles. The molecular weight excluding hydrogens is 376 g/mol. The summed E-state index contributed by atoms with van der Waals surface area (Å²) in [5.74, 6) is -0.313. The molecule has 2 saturated heterocycles. The first kappa shape index (κ1) is 19.3. The Morgan fingerprint density at radius 1 is 1.12 bits per heavy atom. The largest absolute Gasteiger partial charge is 0.338 e. The number of hydrogen-bond donors (Lipinski definition) is 0. The molecule has 2 fully saturated rings. The average molecular weight is 401 g/mol. The van der Waals surface area contributed by atoms with E-state index < -0.39 is 31.2 Å². The molecule has 0 unspecified atom stereocenters. The van der Waals surface area contributed by atoms with Crippen LogP contribution >= 0.6 is 0 Å². The van der Waals surface area contributed by atoms with Gasteiger partial charge in [-0.3, -0.25) is 4.79 Å². The molecule has 0 radical (unpaired) electrons. The number of sulfone groups is 1. The minimum atomic E-state index is -3.54. The number of carbonyl (C=O) groups is 1. The SMILES string of the molecule is CC(=O)N1CCS(=O)(=O)[C@H]2CCN(S(=O)(=O)Cc3ccccc3)CC[C@@H]21. The van der Waals surface area contributed by atoms with E-state index in [1.165, 1.54) is 11.2 Å². The molecule has 0 bridgehead atoms. The maximum Gasteiger partial charge on any atom is 0.219 e. The molecule has 1 aromatic carbocycles. The fourth-order valence-corrected chi connectivity index (χ4v) is 7.44. The predicted octanol–water partition coefficient (Wildman–Crippen LogP) is 0.626. The lowest BCUT2D eigenvalue weighted by atomic mass is 10.1. The lowest BCUT2D eigenvalue weighted by Crippen LogP contribution is -2.56. The van der Waals surface area contributed by atoms with E-state index in [1.54, 1.807) is 29.2 Å². The van der Waals surface area contributed by atoms with E-state index in [1.807, 2.05) is 6.07 Å². The van der Waals surface area contributed by atoms with Gasteiger partial charge in [-0.2, -0.15) is 0 Å². The second-order valence-electron chi connectivity index (χ2n) is 6.90. The Hall–Kier alpha value is -1.45. The third kappa shape index (κ3) is 3.94. The summed E-state index contributed by atoms with van der Waals surface area (Å²) in [5, 5.41) is -0.683. The normalized spacial score (nSPS) is 26.7. The van der Waals surface area contributed by atoms with Crippen LogP contribution in [0.3, 0.4) is 0 Å². The van der Waals surface area contributed by atoms with Crippen LogP contribution in [0.25, 0.3) is 0 Å². The van der Waals surface area contributed by atoms with E-state index in [0.717, 1.165) is 0 Å². The standard InChI is InChI=1S/C17H24N2O5S2/c1-14(20)19-11-12-25(21,22)17-8-10-18(9-7-16(17)19)26(23,24)13-15-5-3-2-4-6-15/h2-6,16-17H,7-13H2,1H3/t16-,17-/m0/s1. The fourth-order valence-electron chi connectivity index (χ4n) is 3.90. The molecule has 144 valence electrons. The highest BCUT2D eigenvalue weighted by atomic mass is 32.2. The van der Waals surface area contributed by atoms with E-state index in [-0.39, 0.29) is 43.5 Å². The average Bonchev–Trinajstić information content (AvgIpc) is 2.79. The van der Waals surface area contributed by atoms with Gasteiger partial charge in [-0.1, -0.05) is 30.3 Å². The molecule has 0 aromatic heterocycles. The number of hydrogen-bond acceptors (Lipinski definition) is 5. The first-order valence-corrected chi connectivity index (χ1v) is 12.0. The van der Waals surface area contributed by atoms with Crippen molar-refractivity contribution < 1.29 is 21.6 Å². The number of rotatable bonds is 3. The molecule has 0 N–H and O–H groups in total. The van der Waals surface area contributed by atoms with E-state index >= 15 is 0 Å². The summed E-state index contributed by atoms with van der Waals surface area (Å²) in [7, 11) is -6.86. The number of benzene rings is 1. The van der Waals surface area contributed by atoms with Crippen molar-refractivity contribution in [1.82, 2.24) is 9.21 Å². The number of amides is 1. The molecule has 3 rings (SSSR count). The Morgan fingerprint density at radius 3 is 2.42 bits per heavy atom. The molecule has 2 heterocycles. The molecule has 0 saturated carbocycles. The molecule has 2 atom stereocenters. The van der Waals surface area contributed by atoms with Gasteiger partial charge in [0.15, 0.2) is 9.84 Å². The quantitative estimate of drug-likeness (QED) is 0.742. The van der Waals surface area contributed by atoms with Crippen LogP contribution in [0, 0.1) is 0 Å². The molecule has 0 spiro atoms. The van der Waals surface area contributed by atoms with Gasteiger partial charge in [-0.25, -0.2) is 21.1 Å². The summed E-state index contributed by atoms with van der Waals surface area (Å²) in [6.45, 7) is 2.02. The summed E-state index contributed by atoms with van der Waals surface area (Å²) < 4.78 is 51.9. The van der Waals surface area contributed by atoms with E-state index in [9.17, 15) is 21.6 Å². The van der Waals surface area contributed by atoms with Gasteiger partial charge in [0.25, 0.3) is 0 Å². The van der Waals surface area contributed by atoms with Crippen molar-refractivity contribution in [1.29, 1.82) is 0 Å². The van der Waals surface area contributed by atoms with E-state index in [0.29, 0.717) is 12.0 Å². The first-order chi connectivity index (χ1) is 12.2. The van der Waals surface area contributed by atoms with Crippen molar-refractivity contribution in [2.75, 3.05) is 25.4 Å². The van der Waals surface area contributed by atoms with Crippen molar-refractivity contribution in [2.45, 2.75) is 36.8 Å². The van der Waals surface area contributed by atoms with Gasteiger partial charge in [-0.05, 0) is 18.4 Å². The Morgan fingerprint density at radius 2 is 1.77 bits per heavy atom. The number of carbonyl (C=O) groups excluding carboxylic acids is 1. The van der Waals surface area contributed by atoms with Gasteiger partial charge in [-0.15, -0.1) is 0 Å². The molecular formula is C17H24N2O5S2. The van der Waals surface area contributed by atoms with Crippen molar-refractivity contribution in [3.8, 4) is 0 Å². The summed E-state index contributed by atoms with van der Waals surface area (Å²) in [6, 6.07) is 8.49. The lowest BCUT2D eigenvalue weighted by Gasteiger charge is -2.39. The Bertz CT molecular complexity index is 868. The fraction of sp³-hybridized carbons (Fsp3) is 0.588. The molecule has 9 heteroatoms. The Kier molecular flexibility index (Phi) is 5.41. The van der Waals surface area contributed by atoms with Crippen LogP contribution in [0.5, 0.6) is 0 Å². The zero-order valence-corrected chi connectivity index (χ0v) is 16.4. The van der Waals surface area contributed by atoms with E-state index in [4.69, 9.17) is 0 Å². The van der Waals surface area contributed by atoms with Gasteiger partial charge >= 0.3 is 0 Å². The summed E-state index contributed by atoms with van der Waals surface area (Å²) in [5.41, 5.74) is 0.701. The zero-order valence-electron chi connectivity index (χ0n) is 14.7. The third-order valence-corrected chi connectivity index (χ3v) is 9.31. The Balaban J connectivity index is 1.81. The molecule has 0 aliphatic carbocycles. The second-order valence-corrected chi connectivity index (χ2v) is 11.2. The monoisotopic (exact) mass is 400 g/mol. The second kappa shape index (κ2) is 7.28. The number of nitrogens with zero attached hydrogens (tertiary/aromatic N) is 2. The van der Waals surface area contributed by atoms with E-state index in [2.05, 4.69) is 0 Å². The lowest BCUT2D eigenvalue weighted by molar-refractivity contribution is -0.131. The molecule has 26 heavy (non-hydrogen) atoms. The highest BCUT2D eigenvalue weighted by molar-refractivity contribution is 7.92.